The topological polar surface area (TPSA) is 61.6 Å². The van der Waals surface area contributed by atoms with Crippen molar-refractivity contribution >= 4 is 6.47 Å². The fraction of sp³-hybridized carbons (Fsp3) is 0.333. The summed E-state index contributed by atoms with van der Waals surface area (Å²) in [5, 5.41) is 3.94. The second kappa shape index (κ2) is 5.75. The molecule has 0 atom stereocenters. The van der Waals surface area contributed by atoms with Gasteiger partial charge in [-0.05, 0) is 25.0 Å². The molecule has 5 nitrogen and oxygen atoms in total. The average molecular weight is 309 g/mol. The minimum absolute atomic E-state index is 0.0453. The molecule has 116 valence electrons. The first kappa shape index (κ1) is 14.5. The van der Waals surface area contributed by atoms with E-state index < -0.39 is 11.6 Å². The van der Waals surface area contributed by atoms with Gasteiger partial charge in [0.25, 0.3) is 6.47 Å². The normalized spacial score (nSPS) is 14.0. The van der Waals surface area contributed by atoms with Crippen LogP contribution < -0.4 is 4.74 Å². The number of ether oxygens (including phenoxy) is 2. The van der Waals surface area contributed by atoms with Crippen molar-refractivity contribution in [3.8, 4) is 17.0 Å². The van der Waals surface area contributed by atoms with Crippen LogP contribution in [0.15, 0.2) is 16.7 Å². The summed E-state index contributed by atoms with van der Waals surface area (Å²) in [6.45, 7) is 0.270. The highest BCUT2D eigenvalue weighted by Gasteiger charge is 2.33. The molecular weight excluding hydrogens is 296 g/mol. The van der Waals surface area contributed by atoms with Crippen molar-refractivity contribution in [1.82, 2.24) is 5.16 Å². The Kier molecular flexibility index (Phi) is 3.79. The molecule has 3 rings (SSSR count). The molecular formula is C15H13F2NO4. The van der Waals surface area contributed by atoms with Crippen LogP contribution in [0.1, 0.15) is 30.1 Å². The predicted molar refractivity (Wildman–Crippen MR) is 71.2 cm³/mol. The summed E-state index contributed by atoms with van der Waals surface area (Å²) in [6.07, 6.45) is 1.91. The van der Waals surface area contributed by atoms with Crippen molar-refractivity contribution in [3.63, 3.8) is 0 Å². The Labute approximate surface area is 124 Å². The van der Waals surface area contributed by atoms with Crippen molar-refractivity contribution < 1.29 is 27.6 Å². The summed E-state index contributed by atoms with van der Waals surface area (Å²) in [4.78, 5) is 10.5. The van der Waals surface area contributed by atoms with Crippen molar-refractivity contribution in [1.29, 1.82) is 0 Å². The van der Waals surface area contributed by atoms with E-state index in [2.05, 4.69) is 5.16 Å². The maximum absolute atomic E-state index is 13.9. The van der Waals surface area contributed by atoms with Crippen LogP contribution in [0.25, 0.3) is 11.3 Å². The smallest absolute Gasteiger partial charge is 0.293 e. The Morgan fingerprint density at radius 3 is 2.82 bits per heavy atom. The highest BCUT2D eigenvalue weighted by molar-refractivity contribution is 5.71. The lowest BCUT2D eigenvalue weighted by atomic mass is 10.0. The van der Waals surface area contributed by atoms with Crippen LogP contribution in [0.4, 0.5) is 8.78 Å². The van der Waals surface area contributed by atoms with E-state index in [4.69, 9.17) is 14.0 Å². The summed E-state index contributed by atoms with van der Waals surface area (Å²) in [7, 11) is 1.24. The molecule has 7 heteroatoms. The average Bonchev–Trinajstić information content (AvgIpc) is 3.28. The number of carbonyl (C=O) groups excluding carboxylic acids is 1. The number of rotatable bonds is 6. The van der Waals surface area contributed by atoms with Crippen molar-refractivity contribution in [2.45, 2.75) is 25.4 Å². The summed E-state index contributed by atoms with van der Waals surface area (Å²) < 4.78 is 42.3. The van der Waals surface area contributed by atoms with Crippen LogP contribution in [0.5, 0.6) is 5.75 Å². The van der Waals surface area contributed by atoms with Gasteiger partial charge in [0.15, 0.2) is 11.6 Å². The number of carbonyl (C=O) groups is 1. The molecule has 0 spiro atoms. The Morgan fingerprint density at radius 2 is 2.18 bits per heavy atom. The van der Waals surface area contributed by atoms with E-state index in [1.165, 1.54) is 13.2 Å². The van der Waals surface area contributed by atoms with E-state index in [1.807, 2.05) is 0 Å². The molecule has 1 heterocycles. The largest absolute Gasteiger partial charge is 0.493 e. The summed E-state index contributed by atoms with van der Waals surface area (Å²) in [5.41, 5.74) is 1.10. The number of aromatic nitrogens is 1. The minimum Gasteiger partial charge on any atom is -0.493 e. The Bertz CT molecular complexity index is 710. The molecule has 1 aliphatic rings. The second-order valence-electron chi connectivity index (χ2n) is 5.00. The SMILES string of the molecule is COc1c(-c2noc(C3CC3)c2COC=O)ccc(F)c1F. The van der Waals surface area contributed by atoms with Gasteiger partial charge in [0.1, 0.15) is 18.1 Å². The number of benzene rings is 1. The number of nitrogens with zero attached hydrogens (tertiary/aromatic N) is 1. The monoisotopic (exact) mass is 309 g/mol. The quantitative estimate of drug-likeness (QED) is 0.767. The van der Waals surface area contributed by atoms with Crippen LogP contribution >= 0.6 is 0 Å². The van der Waals surface area contributed by atoms with Gasteiger partial charge in [-0.3, -0.25) is 4.79 Å². The first-order valence-electron chi connectivity index (χ1n) is 6.73. The zero-order chi connectivity index (χ0) is 15.7. The van der Waals surface area contributed by atoms with Gasteiger partial charge in [0.2, 0.25) is 5.82 Å². The van der Waals surface area contributed by atoms with E-state index >= 15 is 0 Å². The molecule has 0 bridgehead atoms. The molecule has 0 N–H and O–H groups in total. The van der Waals surface area contributed by atoms with Gasteiger partial charge in [-0.2, -0.15) is 4.39 Å². The van der Waals surface area contributed by atoms with Crippen molar-refractivity contribution in [2.75, 3.05) is 7.11 Å². The molecule has 0 saturated heterocycles. The minimum atomic E-state index is -1.10. The molecule has 2 aromatic rings. The van der Waals surface area contributed by atoms with Gasteiger partial charge in [-0.25, -0.2) is 4.39 Å². The molecule has 1 fully saturated rings. The van der Waals surface area contributed by atoms with Gasteiger partial charge in [0.05, 0.1) is 12.7 Å². The lowest BCUT2D eigenvalue weighted by Gasteiger charge is -2.09. The van der Waals surface area contributed by atoms with Gasteiger partial charge < -0.3 is 14.0 Å². The molecule has 0 unspecified atom stereocenters. The van der Waals surface area contributed by atoms with E-state index in [9.17, 15) is 13.6 Å². The fourth-order valence-corrected chi connectivity index (χ4v) is 2.37. The number of methoxy groups -OCH3 is 1. The molecule has 1 aromatic heterocycles. The zero-order valence-electron chi connectivity index (χ0n) is 11.8. The maximum Gasteiger partial charge on any atom is 0.293 e. The first-order chi connectivity index (χ1) is 10.7. The molecule has 0 radical (unpaired) electrons. The Balaban J connectivity index is 2.11. The molecule has 1 aromatic carbocycles. The first-order valence-corrected chi connectivity index (χ1v) is 6.73. The van der Waals surface area contributed by atoms with E-state index in [-0.39, 0.29) is 23.8 Å². The standard InChI is InChI=1S/C15H13F2NO4/c1-20-15-9(4-5-11(16)12(15)17)13-10(6-21-7-19)14(22-18-13)8-2-3-8/h4-5,7-8H,2-3,6H2,1H3. The van der Waals surface area contributed by atoms with Crippen LogP contribution in [0.2, 0.25) is 0 Å². The molecule has 0 aliphatic heterocycles. The van der Waals surface area contributed by atoms with E-state index in [0.29, 0.717) is 23.5 Å². The highest BCUT2D eigenvalue weighted by atomic mass is 19.2. The number of hydrogen-bond donors (Lipinski definition) is 0. The van der Waals surface area contributed by atoms with Gasteiger partial charge in [-0.15, -0.1) is 0 Å². The Hall–Kier alpha value is -2.44. The number of hydrogen-bond acceptors (Lipinski definition) is 5. The summed E-state index contributed by atoms with van der Waals surface area (Å²) >= 11 is 0. The molecule has 0 amide bonds. The van der Waals surface area contributed by atoms with Gasteiger partial charge in [0, 0.05) is 11.5 Å². The molecule has 22 heavy (non-hydrogen) atoms. The van der Waals surface area contributed by atoms with Crippen molar-refractivity contribution in [2.24, 2.45) is 0 Å². The fourth-order valence-electron chi connectivity index (χ4n) is 2.37. The number of halogens is 2. The van der Waals surface area contributed by atoms with Gasteiger partial charge in [-0.1, -0.05) is 5.16 Å². The maximum atomic E-state index is 13.9. The molecule has 1 saturated carbocycles. The second-order valence-corrected chi connectivity index (χ2v) is 5.00. The van der Waals surface area contributed by atoms with E-state index in [0.717, 1.165) is 18.9 Å². The Morgan fingerprint density at radius 1 is 1.41 bits per heavy atom. The summed E-state index contributed by atoms with van der Waals surface area (Å²) in [5.74, 6) is -1.54. The lowest BCUT2D eigenvalue weighted by Crippen LogP contribution is -1.99. The van der Waals surface area contributed by atoms with E-state index in [1.54, 1.807) is 0 Å². The third-order valence-electron chi connectivity index (χ3n) is 3.57. The predicted octanol–water partition coefficient (Wildman–Crippen LogP) is 3.18. The van der Waals surface area contributed by atoms with Crippen LogP contribution in [-0.4, -0.2) is 18.7 Å². The molecule has 1 aliphatic carbocycles. The van der Waals surface area contributed by atoms with Gasteiger partial charge >= 0.3 is 0 Å². The van der Waals surface area contributed by atoms with Crippen LogP contribution in [0, 0.1) is 11.6 Å². The highest BCUT2D eigenvalue weighted by Crippen LogP contribution is 2.45. The van der Waals surface area contributed by atoms with Crippen molar-refractivity contribution in [3.05, 3.63) is 35.1 Å². The van der Waals surface area contributed by atoms with Crippen LogP contribution in [-0.2, 0) is 16.1 Å². The third kappa shape index (κ3) is 2.43. The van der Waals surface area contributed by atoms with Crippen LogP contribution in [0.3, 0.4) is 0 Å². The third-order valence-corrected chi connectivity index (χ3v) is 3.57. The lowest BCUT2D eigenvalue weighted by molar-refractivity contribution is -0.129. The summed E-state index contributed by atoms with van der Waals surface area (Å²) in [6, 6.07) is 2.35. The zero-order valence-corrected chi connectivity index (χ0v) is 11.8.